The van der Waals surface area contributed by atoms with Crippen molar-refractivity contribution in [2.45, 2.75) is 4.34 Å². The van der Waals surface area contributed by atoms with Crippen molar-refractivity contribution < 1.29 is 9.18 Å². The number of nitrogens with zero attached hydrogens (tertiary/aromatic N) is 1. The Morgan fingerprint density at radius 3 is 2.83 bits per heavy atom. The number of carbonyl (C=O) groups is 1. The number of carbonyl (C=O) groups excluding carboxylic acids is 1. The summed E-state index contributed by atoms with van der Waals surface area (Å²) >= 11 is 2.97. The van der Waals surface area contributed by atoms with Crippen molar-refractivity contribution in [2.75, 3.05) is 12.3 Å². The second kappa shape index (κ2) is 7.95. The van der Waals surface area contributed by atoms with Gasteiger partial charge in [0.2, 0.25) is 5.91 Å². The van der Waals surface area contributed by atoms with Gasteiger partial charge in [0.05, 0.1) is 28.1 Å². The van der Waals surface area contributed by atoms with Gasteiger partial charge in [-0.05, 0) is 24.3 Å². The van der Waals surface area contributed by atoms with Gasteiger partial charge in [-0.2, -0.15) is 0 Å². The maximum Gasteiger partial charge on any atom is 0.231 e. The van der Waals surface area contributed by atoms with Gasteiger partial charge >= 0.3 is 0 Å². The Balaban J connectivity index is 1.47. The normalized spacial score (nSPS) is 10.2. The molecule has 1 amide bonds. The molecule has 24 heavy (non-hydrogen) atoms. The number of hydrogen-bond acceptors (Lipinski definition) is 4. The number of benzene rings is 2. The van der Waals surface area contributed by atoms with E-state index in [-0.39, 0.29) is 24.0 Å². The van der Waals surface area contributed by atoms with Crippen molar-refractivity contribution in [3.63, 3.8) is 0 Å². The molecule has 1 aromatic heterocycles. The SMILES string of the molecule is O=C(CSc1nc2ccccc2s1)NCC#Cc1ccccc1F. The smallest absolute Gasteiger partial charge is 0.231 e. The van der Waals surface area contributed by atoms with Crippen LogP contribution in [-0.2, 0) is 4.79 Å². The van der Waals surface area contributed by atoms with Crippen molar-refractivity contribution >= 4 is 39.2 Å². The second-order valence-electron chi connectivity index (χ2n) is 4.79. The van der Waals surface area contributed by atoms with Crippen LogP contribution in [0.25, 0.3) is 10.2 Å². The van der Waals surface area contributed by atoms with E-state index in [9.17, 15) is 9.18 Å². The number of fused-ring (bicyclic) bond motifs is 1. The Kier molecular flexibility index (Phi) is 5.47. The molecule has 0 radical (unpaired) electrons. The first-order valence-corrected chi connectivity index (χ1v) is 9.01. The summed E-state index contributed by atoms with van der Waals surface area (Å²) in [5, 5.41) is 2.70. The standard InChI is InChI=1S/C18H13FN2OS2/c19-14-8-2-1-6-13(14)7-5-11-20-17(22)12-23-18-21-15-9-3-4-10-16(15)24-18/h1-4,6,8-10H,11-12H2,(H,20,22). The van der Waals surface area contributed by atoms with Crippen LogP contribution in [0.1, 0.15) is 5.56 Å². The lowest BCUT2D eigenvalue weighted by Crippen LogP contribution is -2.25. The van der Waals surface area contributed by atoms with Gasteiger partial charge in [-0.25, -0.2) is 9.37 Å². The summed E-state index contributed by atoms with van der Waals surface area (Å²) < 4.78 is 15.3. The minimum Gasteiger partial charge on any atom is -0.344 e. The van der Waals surface area contributed by atoms with E-state index in [0.717, 1.165) is 14.6 Å². The molecule has 0 spiro atoms. The van der Waals surface area contributed by atoms with Crippen molar-refractivity contribution in [1.29, 1.82) is 0 Å². The fourth-order valence-corrected chi connectivity index (χ4v) is 3.83. The third-order valence-electron chi connectivity index (χ3n) is 3.07. The average molecular weight is 356 g/mol. The van der Waals surface area contributed by atoms with E-state index >= 15 is 0 Å². The molecule has 2 aromatic carbocycles. The van der Waals surface area contributed by atoms with Gasteiger partial charge in [0.15, 0.2) is 4.34 Å². The molecule has 1 heterocycles. The Hall–Kier alpha value is -2.36. The maximum atomic E-state index is 13.4. The molecule has 0 aliphatic rings. The van der Waals surface area contributed by atoms with Crippen molar-refractivity contribution in [3.8, 4) is 11.8 Å². The minimum absolute atomic E-state index is 0.123. The molecule has 3 aromatic rings. The Bertz CT molecular complexity index is 894. The van der Waals surface area contributed by atoms with Crippen LogP contribution in [0.3, 0.4) is 0 Å². The molecule has 0 unspecified atom stereocenters. The van der Waals surface area contributed by atoms with Crippen molar-refractivity contribution in [3.05, 3.63) is 59.9 Å². The summed E-state index contributed by atoms with van der Waals surface area (Å²) in [6, 6.07) is 14.2. The number of nitrogens with one attached hydrogen (secondary N) is 1. The van der Waals surface area contributed by atoms with Crippen LogP contribution in [0.4, 0.5) is 4.39 Å². The number of aromatic nitrogens is 1. The van der Waals surface area contributed by atoms with Gasteiger partial charge in [-0.3, -0.25) is 4.79 Å². The Morgan fingerprint density at radius 2 is 2.00 bits per heavy atom. The topological polar surface area (TPSA) is 42.0 Å². The maximum absolute atomic E-state index is 13.4. The lowest BCUT2D eigenvalue weighted by molar-refractivity contribution is -0.118. The first-order chi connectivity index (χ1) is 11.7. The van der Waals surface area contributed by atoms with Gasteiger partial charge in [-0.15, -0.1) is 11.3 Å². The van der Waals surface area contributed by atoms with Gasteiger partial charge in [0.25, 0.3) is 0 Å². The summed E-state index contributed by atoms with van der Waals surface area (Å²) in [6.45, 7) is 0.188. The first kappa shape index (κ1) is 16.5. The highest BCUT2D eigenvalue weighted by atomic mass is 32.2. The molecule has 6 heteroatoms. The molecule has 0 fully saturated rings. The van der Waals surface area contributed by atoms with Crippen molar-refractivity contribution in [1.82, 2.24) is 10.3 Å². The first-order valence-electron chi connectivity index (χ1n) is 7.21. The molecule has 0 saturated carbocycles. The van der Waals surface area contributed by atoms with Crippen molar-refractivity contribution in [2.24, 2.45) is 0 Å². The number of amides is 1. The molecule has 1 N–H and O–H groups in total. The second-order valence-corrected chi connectivity index (χ2v) is 7.05. The number of rotatable bonds is 4. The highest BCUT2D eigenvalue weighted by molar-refractivity contribution is 8.01. The van der Waals surface area contributed by atoms with Gasteiger partial charge in [0, 0.05) is 0 Å². The van der Waals surface area contributed by atoms with Crippen LogP contribution in [0.15, 0.2) is 52.9 Å². The molecule has 0 saturated heterocycles. The summed E-state index contributed by atoms with van der Waals surface area (Å²) in [6.07, 6.45) is 0. The molecule has 0 atom stereocenters. The number of para-hydroxylation sites is 1. The van der Waals surface area contributed by atoms with E-state index in [0.29, 0.717) is 5.56 Å². The highest BCUT2D eigenvalue weighted by Crippen LogP contribution is 2.28. The van der Waals surface area contributed by atoms with Gasteiger partial charge < -0.3 is 5.32 Å². The van der Waals surface area contributed by atoms with Crippen LogP contribution in [0, 0.1) is 17.7 Å². The van der Waals surface area contributed by atoms with E-state index in [4.69, 9.17) is 0 Å². The highest BCUT2D eigenvalue weighted by Gasteiger charge is 2.06. The van der Waals surface area contributed by atoms with E-state index in [1.165, 1.54) is 17.8 Å². The summed E-state index contributed by atoms with van der Waals surface area (Å²) in [5.74, 6) is 5.25. The number of halogens is 1. The number of hydrogen-bond donors (Lipinski definition) is 1. The third kappa shape index (κ3) is 4.34. The number of thiazole rings is 1. The number of thioether (sulfide) groups is 1. The average Bonchev–Trinajstić information content (AvgIpc) is 3.01. The van der Waals surface area contributed by atoms with E-state index < -0.39 is 0 Å². The van der Waals surface area contributed by atoms with Crippen LogP contribution >= 0.6 is 23.1 Å². The lowest BCUT2D eigenvalue weighted by Gasteiger charge is -1.99. The van der Waals surface area contributed by atoms with E-state index in [1.54, 1.807) is 29.5 Å². The molecular weight excluding hydrogens is 343 g/mol. The fourth-order valence-electron chi connectivity index (χ4n) is 1.94. The van der Waals surface area contributed by atoms with Gasteiger partial charge in [0.1, 0.15) is 5.82 Å². The van der Waals surface area contributed by atoms with E-state index in [2.05, 4.69) is 22.1 Å². The molecule has 0 bridgehead atoms. The fraction of sp³-hybridized carbons (Fsp3) is 0.111. The largest absolute Gasteiger partial charge is 0.344 e. The van der Waals surface area contributed by atoms with Crippen LogP contribution in [0.2, 0.25) is 0 Å². The summed E-state index contributed by atoms with van der Waals surface area (Å²) in [7, 11) is 0. The molecule has 3 nitrogen and oxygen atoms in total. The molecule has 0 aliphatic heterocycles. The molecule has 120 valence electrons. The zero-order chi connectivity index (χ0) is 16.8. The molecule has 3 rings (SSSR count). The molecular formula is C18H13FN2OS2. The van der Waals surface area contributed by atoms with Gasteiger partial charge in [-0.1, -0.05) is 47.9 Å². The Labute approximate surface area is 147 Å². The predicted molar refractivity (Wildman–Crippen MR) is 96.6 cm³/mol. The zero-order valence-corrected chi connectivity index (χ0v) is 14.2. The van der Waals surface area contributed by atoms with Crippen LogP contribution in [-0.4, -0.2) is 23.2 Å². The quantitative estimate of drug-likeness (QED) is 0.573. The third-order valence-corrected chi connectivity index (χ3v) is 5.25. The monoisotopic (exact) mass is 356 g/mol. The lowest BCUT2D eigenvalue weighted by atomic mass is 10.2. The Morgan fingerprint density at radius 1 is 1.21 bits per heavy atom. The van der Waals surface area contributed by atoms with E-state index in [1.807, 2.05) is 24.3 Å². The predicted octanol–water partition coefficient (Wildman–Crippen LogP) is 3.70. The molecule has 0 aliphatic carbocycles. The summed E-state index contributed by atoms with van der Waals surface area (Å²) in [5.41, 5.74) is 1.27. The minimum atomic E-state index is -0.359. The van der Waals surface area contributed by atoms with Crippen LogP contribution < -0.4 is 5.32 Å². The zero-order valence-electron chi connectivity index (χ0n) is 12.6. The van der Waals surface area contributed by atoms with Crippen LogP contribution in [0.5, 0.6) is 0 Å². The summed E-state index contributed by atoms with van der Waals surface area (Å²) in [4.78, 5) is 16.3.